The number of amides is 1. The summed E-state index contributed by atoms with van der Waals surface area (Å²) in [7, 11) is 0. The Hall–Kier alpha value is -2.17. The third kappa shape index (κ3) is 3.40. The Kier molecular flexibility index (Phi) is 3.94. The molecule has 2 aromatic rings. The van der Waals surface area contributed by atoms with Gasteiger partial charge in [0.05, 0.1) is 18.3 Å². The molecule has 0 aliphatic carbocycles. The standard InChI is InChI=1S/C14H17N3O2/c1-9(2)8-19-14(18)16-12-7-11-4-5-15-17-13(11)6-10(12)3/h4-7,9H,8H2,1-3H3,(H,16,18). The van der Waals surface area contributed by atoms with Gasteiger partial charge < -0.3 is 4.74 Å². The van der Waals surface area contributed by atoms with E-state index < -0.39 is 6.09 Å². The Morgan fingerprint density at radius 3 is 2.95 bits per heavy atom. The van der Waals surface area contributed by atoms with Crippen molar-refractivity contribution in [2.45, 2.75) is 20.8 Å². The SMILES string of the molecule is Cc1cc2nnccc2cc1NC(=O)OCC(C)C. The molecule has 0 aliphatic heterocycles. The van der Waals surface area contributed by atoms with Crippen molar-refractivity contribution in [3.8, 4) is 0 Å². The zero-order valence-electron chi connectivity index (χ0n) is 11.3. The van der Waals surface area contributed by atoms with Gasteiger partial charge in [-0.25, -0.2) is 4.79 Å². The lowest BCUT2D eigenvalue weighted by Crippen LogP contribution is -2.17. The molecular formula is C14H17N3O2. The van der Waals surface area contributed by atoms with Crippen LogP contribution in [0.2, 0.25) is 0 Å². The molecule has 100 valence electrons. The highest BCUT2D eigenvalue weighted by molar-refractivity contribution is 5.91. The summed E-state index contributed by atoms with van der Waals surface area (Å²) in [5, 5.41) is 11.5. The highest BCUT2D eigenvalue weighted by Gasteiger charge is 2.08. The van der Waals surface area contributed by atoms with Gasteiger partial charge in [0.2, 0.25) is 0 Å². The van der Waals surface area contributed by atoms with E-state index in [0.29, 0.717) is 12.5 Å². The Labute approximate surface area is 112 Å². The monoisotopic (exact) mass is 259 g/mol. The summed E-state index contributed by atoms with van der Waals surface area (Å²) in [6.45, 7) is 6.30. The van der Waals surface area contributed by atoms with Crippen LogP contribution in [0, 0.1) is 12.8 Å². The van der Waals surface area contributed by atoms with Gasteiger partial charge in [0, 0.05) is 11.1 Å². The van der Waals surface area contributed by atoms with E-state index in [0.717, 1.165) is 22.2 Å². The van der Waals surface area contributed by atoms with E-state index in [-0.39, 0.29) is 0 Å². The Balaban J connectivity index is 2.16. The normalized spacial score (nSPS) is 10.7. The Bertz CT molecular complexity index is 596. The van der Waals surface area contributed by atoms with Gasteiger partial charge in [-0.15, -0.1) is 0 Å². The predicted octanol–water partition coefficient (Wildman–Crippen LogP) is 3.14. The van der Waals surface area contributed by atoms with E-state index in [9.17, 15) is 4.79 Å². The van der Waals surface area contributed by atoms with Crippen LogP contribution in [0.25, 0.3) is 10.9 Å². The van der Waals surface area contributed by atoms with E-state index in [1.54, 1.807) is 6.20 Å². The number of carbonyl (C=O) groups is 1. The van der Waals surface area contributed by atoms with Gasteiger partial charge in [-0.1, -0.05) is 13.8 Å². The summed E-state index contributed by atoms with van der Waals surface area (Å²) in [6, 6.07) is 5.61. The number of ether oxygens (including phenoxy) is 1. The minimum atomic E-state index is -0.432. The maximum Gasteiger partial charge on any atom is 0.411 e. The molecule has 5 nitrogen and oxygen atoms in total. The smallest absolute Gasteiger partial charge is 0.411 e. The molecule has 1 heterocycles. The average Bonchev–Trinajstić information content (AvgIpc) is 2.37. The first kappa shape index (κ1) is 13.3. The summed E-state index contributed by atoms with van der Waals surface area (Å²) >= 11 is 0. The molecule has 1 aromatic carbocycles. The average molecular weight is 259 g/mol. The zero-order chi connectivity index (χ0) is 13.8. The predicted molar refractivity (Wildman–Crippen MR) is 74.1 cm³/mol. The van der Waals surface area contributed by atoms with Crippen LogP contribution < -0.4 is 5.32 Å². The number of carbonyl (C=O) groups excluding carboxylic acids is 1. The van der Waals surface area contributed by atoms with Gasteiger partial charge in [0.25, 0.3) is 0 Å². The van der Waals surface area contributed by atoms with Gasteiger partial charge in [0.1, 0.15) is 0 Å². The van der Waals surface area contributed by atoms with Crippen LogP contribution in [0.3, 0.4) is 0 Å². The lowest BCUT2D eigenvalue weighted by molar-refractivity contribution is 0.147. The Morgan fingerprint density at radius 1 is 1.42 bits per heavy atom. The molecule has 0 spiro atoms. The second kappa shape index (κ2) is 5.65. The largest absolute Gasteiger partial charge is 0.449 e. The number of anilines is 1. The van der Waals surface area contributed by atoms with E-state index in [1.165, 1.54) is 0 Å². The number of nitrogens with one attached hydrogen (secondary N) is 1. The maximum atomic E-state index is 11.6. The number of benzene rings is 1. The van der Waals surface area contributed by atoms with Crippen LogP contribution in [-0.4, -0.2) is 22.9 Å². The summed E-state index contributed by atoms with van der Waals surface area (Å²) < 4.78 is 5.10. The lowest BCUT2D eigenvalue weighted by Gasteiger charge is -2.11. The molecule has 0 atom stereocenters. The fraction of sp³-hybridized carbons (Fsp3) is 0.357. The molecule has 5 heteroatoms. The highest BCUT2D eigenvalue weighted by Crippen LogP contribution is 2.21. The van der Waals surface area contributed by atoms with Crippen molar-refractivity contribution < 1.29 is 9.53 Å². The number of rotatable bonds is 3. The zero-order valence-corrected chi connectivity index (χ0v) is 11.3. The first-order valence-electron chi connectivity index (χ1n) is 6.22. The van der Waals surface area contributed by atoms with Crippen molar-refractivity contribution in [1.82, 2.24) is 10.2 Å². The summed E-state index contributed by atoms with van der Waals surface area (Å²) in [6.07, 6.45) is 1.19. The van der Waals surface area contributed by atoms with Crippen LogP contribution in [0.5, 0.6) is 0 Å². The van der Waals surface area contributed by atoms with E-state index in [4.69, 9.17) is 4.74 Å². The molecule has 0 radical (unpaired) electrons. The van der Waals surface area contributed by atoms with Crippen molar-refractivity contribution in [1.29, 1.82) is 0 Å². The minimum Gasteiger partial charge on any atom is -0.449 e. The van der Waals surface area contributed by atoms with Crippen molar-refractivity contribution in [2.75, 3.05) is 11.9 Å². The highest BCUT2D eigenvalue weighted by atomic mass is 16.5. The third-order valence-electron chi connectivity index (χ3n) is 2.64. The molecule has 0 saturated carbocycles. The first-order chi connectivity index (χ1) is 9.06. The van der Waals surface area contributed by atoms with Crippen LogP contribution in [0.1, 0.15) is 19.4 Å². The number of fused-ring (bicyclic) bond motifs is 1. The number of aromatic nitrogens is 2. The van der Waals surface area contributed by atoms with Crippen molar-refractivity contribution in [3.05, 3.63) is 30.0 Å². The molecule has 2 rings (SSSR count). The fourth-order valence-corrected chi connectivity index (χ4v) is 1.66. The quantitative estimate of drug-likeness (QED) is 0.919. The van der Waals surface area contributed by atoms with Gasteiger partial charge >= 0.3 is 6.09 Å². The van der Waals surface area contributed by atoms with Gasteiger partial charge in [-0.3, -0.25) is 5.32 Å². The molecule has 1 N–H and O–H groups in total. The van der Waals surface area contributed by atoms with Crippen LogP contribution in [-0.2, 0) is 4.74 Å². The lowest BCUT2D eigenvalue weighted by atomic mass is 10.1. The maximum absolute atomic E-state index is 11.6. The van der Waals surface area contributed by atoms with Gasteiger partial charge in [-0.05, 0) is 36.6 Å². The van der Waals surface area contributed by atoms with Crippen LogP contribution in [0.4, 0.5) is 10.5 Å². The van der Waals surface area contributed by atoms with Crippen LogP contribution in [0.15, 0.2) is 24.4 Å². The van der Waals surface area contributed by atoms with E-state index in [1.807, 2.05) is 39.0 Å². The molecule has 0 bridgehead atoms. The van der Waals surface area contributed by atoms with Gasteiger partial charge in [-0.2, -0.15) is 10.2 Å². The van der Waals surface area contributed by atoms with E-state index >= 15 is 0 Å². The number of hydrogen-bond donors (Lipinski definition) is 1. The molecule has 0 unspecified atom stereocenters. The van der Waals surface area contributed by atoms with Crippen molar-refractivity contribution >= 4 is 22.7 Å². The summed E-state index contributed by atoms with van der Waals surface area (Å²) in [4.78, 5) is 11.6. The number of aryl methyl sites for hydroxylation is 1. The summed E-state index contributed by atoms with van der Waals surface area (Å²) in [5.41, 5.74) is 2.46. The molecule has 1 aromatic heterocycles. The molecule has 1 amide bonds. The van der Waals surface area contributed by atoms with Crippen molar-refractivity contribution in [2.24, 2.45) is 5.92 Å². The van der Waals surface area contributed by atoms with Crippen molar-refractivity contribution in [3.63, 3.8) is 0 Å². The summed E-state index contributed by atoms with van der Waals surface area (Å²) in [5.74, 6) is 0.318. The molecule has 0 fully saturated rings. The third-order valence-corrected chi connectivity index (χ3v) is 2.64. The molecule has 19 heavy (non-hydrogen) atoms. The molecule has 0 saturated heterocycles. The first-order valence-corrected chi connectivity index (χ1v) is 6.22. The molecular weight excluding hydrogens is 242 g/mol. The number of hydrogen-bond acceptors (Lipinski definition) is 4. The van der Waals surface area contributed by atoms with E-state index in [2.05, 4.69) is 15.5 Å². The second-order valence-corrected chi connectivity index (χ2v) is 4.87. The topological polar surface area (TPSA) is 64.1 Å². The fourth-order valence-electron chi connectivity index (χ4n) is 1.66. The van der Waals surface area contributed by atoms with Crippen LogP contribution >= 0.6 is 0 Å². The second-order valence-electron chi connectivity index (χ2n) is 4.87. The molecule has 0 aliphatic rings. The Morgan fingerprint density at radius 2 is 2.21 bits per heavy atom. The minimum absolute atomic E-state index is 0.318. The van der Waals surface area contributed by atoms with Gasteiger partial charge in [0.15, 0.2) is 0 Å². The number of nitrogens with zero attached hydrogens (tertiary/aromatic N) is 2.